The molecule has 2 unspecified atom stereocenters. The first-order valence-corrected chi connectivity index (χ1v) is 5.21. The monoisotopic (exact) mass is 246 g/mol. The standard InChI is InChI=1S/C9H18N4O4/c10-8-2-12-13(3-7(17)5-15)9(8)11-1-6(16)4-14/h2,6-7,11,14-17H,1,3-5,10H2. The normalized spacial score (nSPS) is 14.6. The highest BCUT2D eigenvalue weighted by atomic mass is 16.3. The Balaban J connectivity index is 2.66. The zero-order valence-electron chi connectivity index (χ0n) is 9.32. The molecule has 0 saturated carbocycles. The lowest BCUT2D eigenvalue weighted by atomic mass is 10.3. The van der Waals surface area contributed by atoms with E-state index < -0.39 is 12.2 Å². The number of hydrogen-bond donors (Lipinski definition) is 6. The molecule has 17 heavy (non-hydrogen) atoms. The van der Waals surface area contributed by atoms with Gasteiger partial charge in [0.25, 0.3) is 0 Å². The summed E-state index contributed by atoms with van der Waals surface area (Å²) in [6, 6.07) is 0. The van der Waals surface area contributed by atoms with Gasteiger partial charge in [0, 0.05) is 6.54 Å². The maximum Gasteiger partial charge on any atom is 0.147 e. The van der Waals surface area contributed by atoms with Crippen LogP contribution >= 0.6 is 0 Å². The van der Waals surface area contributed by atoms with E-state index in [1.165, 1.54) is 10.9 Å². The summed E-state index contributed by atoms with van der Waals surface area (Å²) in [5.41, 5.74) is 6.01. The van der Waals surface area contributed by atoms with E-state index in [0.717, 1.165) is 0 Å². The average Bonchev–Trinajstić information content (AvgIpc) is 2.67. The molecule has 1 aromatic rings. The topological polar surface area (TPSA) is 137 Å². The fraction of sp³-hybridized carbons (Fsp3) is 0.667. The minimum Gasteiger partial charge on any atom is -0.394 e. The Hall–Kier alpha value is -1.35. The molecular formula is C9H18N4O4. The summed E-state index contributed by atoms with van der Waals surface area (Å²) in [5.74, 6) is 0.435. The lowest BCUT2D eigenvalue weighted by molar-refractivity contribution is 0.0785. The SMILES string of the molecule is Nc1cnn(CC(O)CO)c1NCC(O)CO. The molecule has 0 spiro atoms. The van der Waals surface area contributed by atoms with Gasteiger partial charge in [-0.2, -0.15) is 5.10 Å². The van der Waals surface area contributed by atoms with Crippen molar-refractivity contribution in [2.24, 2.45) is 0 Å². The van der Waals surface area contributed by atoms with Gasteiger partial charge in [-0.1, -0.05) is 0 Å². The van der Waals surface area contributed by atoms with Crippen molar-refractivity contribution in [3.63, 3.8) is 0 Å². The van der Waals surface area contributed by atoms with Gasteiger partial charge in [-0.3, -0.25) is 0 Å². The lowest BCUT2D eigenvalue weighted by Gasteiger charge is -2.14. The summed E-state index contributed by atoms with van der Waals surface area (Å²) in [6.07, 6.45) is -0.435. The first-order chi connectivity index (χ1) is 8.08. The molecule has 0 bridgehead atoms. The summed E-state index contributed by atoms with van der Waals surface area (Å²) in [7, 11) is 0. The van der Waals surface area contributed by atoms with Crippen LogP contribution in [0, 0.1) is 0 Å². The molecule has 2 atom stereocenters. The molecule has 0 fully saturated rings. The fourth-order valence-electron chi connectivity index (χ4n) is 1.27. The van der Waals surface area contributed by atoms with Crippen LogP contribution in [-0.2, 0) is 6.54 Å². The molecule has 0 aromatic carbocycles. The van der Waals surface area contributed by atoms with Gasteiger partial charge in [-0.25, -0.2) is 4.68 Å². The van der Waals surface area contributed by atoms with Crippen molar-refractivity contribution in [1.29, 1.82) is 0 Å². The van der Waals surface area contributed by atoms with E-state index in [1.807, 2.05) is 0 Å². The van der Waals surface area contributed by atoms with Crippen molar-refractivity contribution < 1.29 is 20.4 Å². The van der Waals surface area contributed by atoms with Gasteiger partial charge < -0.3 is 31.5 Å². The minimum absolute atomic E-state index is 0.0885. The van der Waals surface area contributed by atoms with Crippen LogP contribution < -0.4 is 11.1 Å². The molecule has 1 aromatic heterocycles. The van der Waals surface area contributed by atoms with Crippen LogP contribution in [0.2, 0.25) is 0 Å². The van der Waals surface area contributed by atoms with Crippen LogP contribution in [0.15, 0.2) is 6.20 Å². The predicted molar refractivity (Wildman–Crippen MR) is 61.3 cm³/mol. The number of rotatable bonds is 7. The van der Waals surface area contributed by atoms with Crippen molar-refractivity contribution in [2.45, 2.75) is 18.8 Å². The number of aliphatic hydroxyl groups excluding tert-OH is 4. The molecule has 98 valence electrons. The van der Waals surface area contributed by atoms with Crippen LogP contribution in [0.5, 0.6) is 0 Å². The number of nitrogens with zero attached hydrogens (tertiary/aromatic N) is 2. The van der Waals surface area contributed by atoms with Crippen molar-refractivity contribution in [2.75, 3.05) is 30.8 Å². The van der Waals surface area contributed by atoms with E-state index in [9.17, 15) is 10.2 Å². The van der Waals surface area contributed by atoms with Crippen molar-refractivity contribution in [3.8, 4) is 0 Å². The maximum absolute atomic E-state index is 9.30. The molecule has 0 radical (unpaired) electrons. The van der Waals surface area contributed by atoms with E-state index >= 15 is 0 Å². The number of aromatic nitrogens is 2. The summed E-state index contributed by atoms with van der Waals surface area (Å²) in [4.78, 5) is 0. The van der Waals surface area contributed by atoms with Gasteiger partial charge >= 0.3 is 0 Å². The molecule has 0 aliphatic heterocycles. The van der Waals surface area contributed by atoms with Crippen LogP contribution in [-0.4, -0.2) is 62.2 Å². The fourth-order valence-corrected chi connectivity index (χ4v) is 1.27. The van der Waals surface area contributed by atoms with Crippen LogP contribution in [0.25, 0.3) is 0 Å². The predicted octanol–water partition coefficient (Wildman–Crippen LogP) is -2.42. The van der Waals surface area contributed by atoms with Crippen molar-refractivity contribution in [1.82, 2.24) is 9.78 Å². The first kappa shape index (κ1) is 13.7. The maximum atomic E-state index is 9.30. The molecule has 1 heterocycles. The van der Waals surface area contributed by atoms with E-state index in [-0.39, 0.29) is 26.3 Å². The second kappa shape index (κ2) is 6.40. The zero-order chi connectivity index (χ0) is 12.8. The molecular weight excluding hydrogens is 228 g/mol. The Morgan fingerprint density at radius 2 is 1.94 bits per heavy atom. The van der Waals surface area contributed by atoms with Gasteiger partial charge in [-0.15, -0.1) is 0 Å². The van der Waals surface area contributed by atoms with Crippen LogP contribution in [0.3, 0.4) is 0 Å². The summed E-state index contributed by atoms with van der Waals surface area (Å²) < 4.78 is 1.39. The zero-order valence-corrected chi connectivity index (χ0v) is 9.32. The number of nitrogens with two attached hydrogens (primary N) is 1. The van der Waals surface area contributed by atoms with Crippen LogP contribution in [0.1, 0.15) is 0 Å². The number of hydrogen-bond acceptors (Lipinski definition) is 7. The van der Waals surface area contributed by atoms with E-state index in [1.54, 1.807) is 0 Å². The molecule has 7 N–H and O–H groups in total. The van der Waals surface area contributed by atoms with Gasteiger partial charge in [0.2, 0.25) is 0 Å². The lowest BCUT2D eigenvalue weighted by Crippen LogP contribution is -2.26. The number of aliphatic hydroxyl groups is 4. The number of nitrogen functional groups attached to an aromatic ring is 1. The third kappa shape index (κ3) is 3.86. The van der Waals surface area contributed by atoms with Gasteiger partial charge in [0.15, 0.2) is 0 Å². The van der Waals surface area contributed by atoms with E-state index in [2.05, 4.69) is 10.4 Å². The van der Waals surface area contributed by atoms with E-state index in [0.29, 0.717) is 11.5 Å². The van der Waals surface area contributed by atoms with E-state index in [4.69, 9.17) is 15.9 Å². The van der Waals surface area contributed by atoms with Crippen LogP contribution in [0.4, 0.5) is 11.5 Å². The Labute approximate surface area is 98.3 Å². The highest BCUT2D eigenvalue weighted by molar-refractivity contribution is 5.60. The summed E-state index contributed by atoms with van der Waals surface area (Å²) in [5, 5.41) is 42.6. The Morgan fingerprint density at radius 3 is 2.53 bits per heavy atom. The molecule has 1 rings (SSSR count). The average molecular weight is 246 g/mol. The third-order valence-electron chi connectivity index (χ3n) is 2.18. The minimum atomic E-state index is -0.933. The van der Waals surface area contributed by atoms with Gasteiger partial charge in [0.1, 0.15) is 5.82 Å². The second-order valence-corrected chi connectivity index (χ2v) is 3.68. The summed E-state index contributed by atoms with van der Waals surface area (Å²) in [6.45, 7) is -0.536. The number of nitrogens with one attached hydrogen (secondary N) is 1. The molecule has 0 aliphatic carbocycles. The highest BCUT2D eigenvalue weighted by Crippen LogP contribution is 2.17. The molecule has 0 amide bonds. The number of anilines is 2. The molecule has 8 heteroatoms. The third-order valence-corrected chi connectivity index (χ3v) is 2.18. The Kier molecular flexibility index (Phi) is 5.16. The molecule has 0 saturated heterocycles. The van der Waals surface area contributed by atoms with Crippen molar-refractivity contribution in [3.05, 3.63) is 6.20 Å². The largest absolute Gasteiger partial charge is 0.394 e. The quantitative estimate of drug-likeness (QED) is 0.315. The van der Waals surface area contributed by atoms with Crippen molar-refractivity contribution >= 4 is 11.5 Å². The Morgan fingerprint density at radius 1 is 1.29 bits per heavy atom. The van der Waals surface area contributed by atoms with Gasteiger partial charge in [-0.05, 0) is 0 Å². The second-order valence-electron chi connectivity index (χ2n) is 3.68. The Bertz CT molecular complexity index is 344. The highest BCUT2D eigenvalue weighted by Gasteiger charge is 2.12. The van der Waals surface area contributed by atoms with Gasteiger partial charge in [0.05, 0.1) is 43.9 Å². The first-order valence-electron chi connectivity index (χ1n) is 5.21. The summed E-state index contributed by atoms with van der Waals surface area (Å²) >= 11 is 0. The molecule has 8 nitrogen and oxygen atoms in total. The smallest absolute Gasteiger partial charge is 0.147 e. The molecule has 0 aliphatic rings.